The Morgan fingerprint density at radius 1 is 1.31 bits per heavy atom. The van der Waals surface area contributed by atoms with E-state index < -0.39 is 5.97 Å². The molecule has 5 heteroatoms. The van der Waals surface area contributed by atoms with Gasteiger partial charge in [-0.25, -0.2) is 0 Å². The fourth-order valence-electron chi connectivity index (χ4n) is 2.66. The molecule has 5 nitrogen and oxygen atoms in total. The second-order valence-corrected chi connectivity index (χ2v) is 4.91. The van der Waals surface area contributed by atoms with Gasteiger partial charge in [0.15, 0.2) is 0 Å². The number of hydrogen-bond acceptors (Lipinski definition) is 3. The highest BCUT2D eigenvalue weighted by Crippen LogP contribution is 2.29. The van der Waals surface area contributed by atoms with E-state index in [0.29, 0.717) is 13.1 Å². The average Bonchev–Trinajstić information content (AvgIpc) is 2.56. The molecule has 2 fully saturated rings. The molecule has 0 radical (unpaired) electrons. The molecule has 2 rings (SSSR count). The second kappa shape index (κ2) is 4.41. The van der Waals surface area contributed by atoms with Crippen molar-refractivity contribution < 1.29 is 14.7 Å². The van der Waals surface area contributed by atoms with E-state index in [-0.39, 0.29) is 30.2 Å². The topological polar surface area (TPSA) is 83.6 Å². The molecule has 90 valence electrons. The van der Waals surface area contributed by atoms with Crippen molar-refractivity contribution >= 4 is 11.9 Å². The second-order valence-electron chi connectivity index (χ2n) is 4.91. The van der Waals surface area contributed by atoms with Crippen LogP contribution < -0.4 is 5.73 Å². The fourth-order valence-corrected chi connectivity index (χ4v) is 2.66. The van der Waals surface area contributed by atoms with Gasteiger partial charge in [0.05, 0.1) is 12.3 Å². The Labute approximate surface area is 94.6 Å². The molecule has 0 bridgehead atoms. The molecule has 1 aliphatic heterocycles. The molecule has 0 aromatic carbocycles. The molecular weight excluding hydrogens is 208 g/mol. The monoisotopic (exact) mass is 226 g/mol. The Morgan fingerprint density at radius 3 is 2.50 bits per heavy atom. The smallest absolute Gasteiger partial charge is 0.303 e. The lowest BCUT2D eigenvalue weighted by Crippen LogP contribution is -2.54. The lowest BCUT2D eigenvalue weighted by atomic mass is 9.93. The zero-order chi connectivity index (χ0) is 11.7. The van der Waals surface area contributed by atoms with E-state index in [4.69, 9.17) is 10.8 Å². The summed E-state index contributed by atoms with van der Waals surface area (Å²) in [4.78, 5) is 24.2. The van der Waals surface area contributed by atoms with Crippen molar-refractivity contribution in [1.29, 1.82) is 0 Å². The summed E-state index contributed by atoms with van der Waals surface area (Å²) >= 11 is 0. The standard InChI is InChI=1S/C11H18N2O3/c12-9-3-1-2-8(9)11(16)13-5-7(6-13)4-10(14)15/h7-9H,1-6,12H2,(H,14,15). The molecule has 1 aliphatic carbocycles. The first-order valence-corrected chi connectivity index (χ1v) is 5.84. The molecule has 1 amide bonds. The number of carbonyl (C=O) groups excluding carboxylic acids is 1. The first-order valence-electron chi connectivity index (χ1n) is 5.84. The predicted octanol–water partition coefficient (Wildman–Crippen LogP) is 0.0469. The van der Waals surface area contributed by atoms with E-state index in [1.807, 2.05) is 0 Å². The first-order chi connectivity index (χ1) is 7.58. The van der Waals surface area contributed by atoms with E-state index in [2.05, 4.69) is 0 Å². The van der Waals surface area contributed by atoms with Crippen molar-refractivity contribution in [3.8, 4) is 0 Å². The van der Waals surface area contributed by atoms with Gasteiger partial charge in [-0.3, -0.25) is 9.59 Å². The lowest BCUT2D eigenvalue weighted by molar-refractivity contribution is -0.147. The van der Waals surface area contributed by atoms with Crippen LogP contribution in [0.5, 0.6) is 0 Å². The number of rotatable bonds is 3. The Balaban J connectivity index is 1.79. The highest BCUT2D eigenvalue weighted by molar-refractivity contribution is 5.81. The Kier molecular flexibility index (Phi) is 3.14. The van der Waals surface area contributed by atoms with Crippen molar-refractivity contribution in [1.82, 2.24) is 4.90 Å². The van der Waals surface area contributed by atoms with Crippen molar-refractivity contribution in [2.24, 2.45) is 17.6 Å². The Morgan fingerprint density at radius 2 is 2.00 bits per heavy atom. The van der Waals surface area contributed by atoms with Crippen molar-refractivity contribution in [2.75, 3.05) is 13.1 Å². The Hall–Kier alpha value is -1.10. The number of nitrogens with two attached hydrogens (primary N) is 1. The highest BCUT2D eigenvalue weighted by Gasteiger charge is 2.39. The summed E-state index contributed by atoms with van der Waals surface area (Å²) in [6.07, 6.45) is 3.02. The molecule has 1 heterocycles. The zero-order valence-corrected chi connectivity index (χ0v) is 9.26. The van der Waals surface area contributed by atoms with Crippen LogP contribution in [0.4, 0.5) is 0 Å². The van der Waals surface area contributed by atoms with Crippen LogP contribution in [-0.4, -0.2) is 41.0 Å². The summed E-state index contributed by atoms with van der Waals surface area (Å²) in [5.41, 5.74) is 5.87. The highest BCUT2D eigenvalue weighted by atomic mass is 16.4. The van der Waals surface area contributed by atoms with E-state index in [0.717, 1.165) is 19.3 Å². The number of nitrogens with zero attached hydrogens (tertiary/aromatic N) is 1. The van der Waals surface area contributed by atoms with Crippen LogP contribution in [0.25, 0.3) is 0 Å². The zero-order valence-electron chi connectivity index (χ0n) is 9.26. The molecule has 1 saturated heterocycles. The number of carbonyl (C=O) groups is 2. The minimum atomic E-state index is -0.783. The molecule has 0 spiro atoms. The van der Waals surface area contributed by atoms with E-state index >= 15 is 0 Å². The van der Waals surface area contributed by atoms with Gasteiger partial charge in [0.1, 0.15) is 0 Å². The van der Waals surface area contributed by atoms with Crippen LogP contribution in [0, 0.1) is 11.8 Å². The molecule has 0 aromatic rings. The quantitative estimate of drug-likeness (QED) is 0.712. The van der Waals surface area contributed by atoms with Gasteiger partial charge in [-0.1, -0.05) is 6.42 Å². The SMILES string of the molecule is NC1CCCC1C(=O)N1CC(CC(=O)O)C1. The van der Waals surface area contributed by atoms with Gasteiger partial charge < -0.3 is 15.7 Å². The van der Waals surface area contributed by atoms with Crippen LogP contribution in [0.3, 0.4) is 0 Å². The van der Waals surface area contributed by atoms with Crippen molar-refractivity contribution in [3.05, 3.63) is 0 Å². The molecular formula is C11H18N2O3. The number of amides is 1. The summed E-state index contributed by atoms with van der Waals surface area (Å²) in [7, 11) is 0. The number of likely N-dealkylation sites (tertiary alicyclic amines) is 1. The molecule has 0 aromatic heterocycles. The van der Waals surface area contributed by atoms with E-state index in [1.165, 1.54) is 0 Å². The minimum Gasteiger partial charge on any atom is -0.481 e. The first kappa shape index (κ1) is 11.4. The molecule has 2 unspecified atom stereocenters. The maximum absolute atomic E-state index is 12.0. The number of aliphatic carboxylic acids is 1. The normalized spacial score (nSPS) is 30.2. The summed E-state index contributed by atoms with van der Waals surface area (Å²) in [5, 5.41) is 8.60. The lowest BCUT2D eigenvalue weighted by Gasteiger charge is -2.40. The van der Waals surface area contributed by atoms with Crippen LogP contribution in [-0.2, 0) is 9.59 Å². The van der Waals surface area contributed by atoms with Gasteiger partial charge >= 0.3 is 5.97 Å². The Bertz CT molecular complexity index is 300. The van der Waals surface area contributed by atoms with E-state index in [9.17, 15) is 9.59 Å². The summed E-state index contributed by atoms with van der Waals surface area (Å²) in [6.45, 7) is 1.18. The number of carboxylic acids is 1. The van der Waals surface area contributed by atoms with Crippen LogP contribution in [0.15, 0.2) is 0 Å². The third-order valence-electron chi connectivity index (χ3n) is 3.62. The maximum atomic E-state index is 12.0. The largest absolute Gasteiger partial charge is 0.481 e. The molecule has 2 atom stereocenters. The van der Waals surface area contributed by atoms with Crippen molar-refractivity contribution in [2.45, 2.75) is 31.7 Å². The fraction of sp³-hybridized carbons (Fsp3) is 0.818. The van der Waals surface area contributed by atoms with Gasteiger partial charge in [0.2, 0.25) is 5.91 Å². The van der Waals surface area contributed by atoms with Gasteiger partial charge in [-0.2, -0.15) is 0 Å². The van der Waals surface area contributed by atoms with E-state index in [1.54, 1.807) is 4.90 Å². The molecule has 3 N–H and O–H groups in total. The molecule has 1 saturated carbocycles. The van der Waals surface area contributed by atoms with Crippen LogP contribution in [0.1, 0.15) is 25.7 Å². The van der Waals surface area contributed by atoms with Gasteiger partial charge in [0, 0.05) is 25.0 Å². The third kappa shape index (κ3) is 2.19. The maximum Gasteiger partial charge on any atom is 0.303 e. The number of hydrogen-bond donors (Lipinski definition) is 2. The van der Waals surface area contributed by atoms with Crippen LogP contribution >= 0.6 is 0 Å². The third-order valence-corrected chi connectivity index (χ3v) is 3.62. The predicted molar refractivity (Wildman–Crippen MR) is 57.6 cm³/mol. The van der Waals surface area contributed by atoms with Gasteiger partial charge in [-0.05, 0) is 12.8 Å². The molecule has 2 aliphatic rings. The minimum absolute atomic E-state index is 0.00558. The number of carboxylic acid groups (broad SMARTS) is 1. The van der Waals surface area contributed by atoms with Gasteiger partial charge in [0.25, 0.3) is 0 Å². The summed E-state index contributed by atoms with van der Waals surface area (Å²) in [6, 6.07) is 0.00558. The van der Waals surface area contributed by atoms with Crippen LogP contribution in [0.2, 0.25) is 0 Å². The molecule has 16 heavy (non-hydrogen) atoms. The van der Waals surface area contributed by atoms with Crippen molar-refractivity contribution in [3.63, 3.8) is 0 Å². The average molecular weight is 226 g/mol. The summed E-state index contributed by atoms with van der Waals surface area (Å²) in [5.74, 6) is -0.536. The van der Waals surface area contributed by atoms with Gasteiger partial charge in [-0.15, -0.1) is 0 Å². The summed E-state index contributed by atoms with van der Waals surface area (Å²) < 4.78 is 0.